The van der Waals surface area contributed by atoms with Crippen molar-refractivity contribution in [2.75, 3.05) is 27.2 Å². The van der Waals surface area contributed by atoms with Crippen LogP contribution in [0.25, 0.3) is 0 Å². The first-order chi connectivity index (χ1) is 8.24. The van der Waals surface area contributed by atoms with E-state index in [0.29, 0.717) is 12.6 Å². The molecule has 5 nitrogen and oxygen atoms in total. The smallest absolute Gasteiger partial charge is 0.309 e. The number of likely N-dealkylation sites (N-methyl/N-ethyl adjacent to an activating group) is 2. The lowest BCUT2D eigenvalue weighted by Gasteiger charge is -2.28. The zero-order valence-corrected chi connectivity index (χ0v) is 11.8. The van der Waals surface area contributed by atoms with Crippen LogP contribution < -0.4 is 0 Å². The summed E-state index contributed by atoms with van der Waals surface area (Å²) in [5, 5.41) is 9.02. The second-order valence-corrected chi connectivity index (χ2v) is 5.92. The van der Waals surface area contributed by atoms with Crippen molar-refractivity contribution in [3.05, 3.63) is 0 Å². The van der Waals surface area contributed by atoms with Gasteiger partial charge in [-0.05, 0) is 40.3 Å². The van der Waals surface area contributed by atoms with E-state index in [1.54, 1.807) is 25.8 Å². The van der Waals surface area contributed by atoms with Crippen LogP contribution in [-0.2, 0) is 9.59 Å². The van der Waals surface area contributed by atoms with Gasteiger partial charge in [-0.25, -0.2) is 0 Å². The normalized spacial score (nSPS) is 21.0. The molecule has 1 rings (SSSR count). The minimum absolute atomic E-state index is 0.0509. The Balaban J connectivity index is 2.49. The molecular formula is C13H24N2O3. The summed E-state index contributed by atoms with van der Waals surface area (Å²) in [5.74, 6) is -1.02. The number of likely N-dealkylation sites (tertiary alicyclic amines) is 1. The Labute approximate surface area is 109 Å². The third-order valence-electron chi connectivity index (χ3n) is 3.75. The topological polar surface area (TPSA) is 60.9 Å². The van der Waals surface area contributed by atoms with Crippen molar-refractivity contribution in [3.8, 4) is 0 Å². The van der Waals surface area contributed by atoms with Crippen LogP contribution in [0.5, 0.6) is 0 Å². The van der Waals surface area contributed by atoms with Gasteiger partial charge < -0.3 is 14.9 Å². The molecule has 1 atom stereocenters. The predicted molar refractivity (Wildman–Crippen MR) is 69.3 cm³/mol. The molecule has 1 unspecified atom stereocenters. The summed E-state index contributed by atoms with van der Waals surface area (Å²) >= 11 is 0. The van der Waals surface area contributed by atoms with Gasteiger partial charge in [0.1, 0.15) is 0 Å². The minimum atomic E-state index is -0.993. The van der Waals surface area contributed by atoms with Crippen LogP contribution in [-0.4, -0.2) is 60.0 Å². The quantitative estimate of drug-likeness (QED) is 0.798. The summed E-state index contributed by atoms with van der Waals surface area (Å²) in [6, 6.07) is 0.409. The van der Waals surface area contributed by atoms with Gasteiger partial charge in [0.25, 0.3) is 0 Å². The molecule has 18 heavy (non-hydrogen) atoms. The lowest BCUT2D eigenvalue weighted by molar-refractivity contribution is -0.151. The molecule has 0 aromatic heterocycles. The number of carboxylic acid groups (broad SMARTS) is 1. The zero-order valence-electron chi connectivity index (χ0n) is 11.8. The van der Waals surface area contributed by atoms with Gasteiger partial charge in [0.2, 0.25) is 5.91 Å². The summed E-state index contributed by atoms with van der Waals surface area (Å²) in [7, 11) is 3.82. The molecule has 1 aliphatic heterocycles. The number of hydrogen-bond donors (Lipinski definition) is 1. The highest BCUT2D eigenvalue weighted by atomic mass is 16.4. The van der Waals surface area contributed by atoms with Crippen molar-refractivity contribution in [1.29, 1.82) is 0 Å². The molecule has 0 aromatic carbocycles. The van der Waals surface area contributed by atoms with Crippen LogP contribution >= 0.6 is 0 Å². The van der Waals surface area contributed by atoms with E-state index in [1.807, 2.05) is 0 Å². The van der Waals surface area contributed by atoms with E-state index in [4.69, 9.17) is 5.11 Å². The fourth-order valence-corrected chi connectivity index (χ4v) is 2.22. The van der Waals surface area contributed by atoms with Gasteiger partial charge >= 0.3 is 5.97 Å². The van der Waals surface area contributed by atoms with Gasteiger partial charge in [0, 0.05) is 26.1 Å². The maximum atomic E-state index is 12.0. The SMILES string of the molecule is CN(CC1CCCN1C)C(=O)CC(C)(C)C(=O)O. The Morgan fingerprint density at radius 2 is 2.06 bits per heavy atom. The minimum Gasteiger partial charge on any atom is -0.481 e. The van der Waals surface area contributed by atoms with Crippen molar-refractivity contribution < 1.29 is 14.7 Å². The first-order valence-corrected chi connectivity index (χ1v) is 6.41. The van der Waals surface area contributed by atoms with E-state index >= 15 is 0 Å². The van der Waals surface area contributed by atoms with Gasteiger partial charge in [-0.1, -0.05) is 0 Å². The van der Waals surface area contributed by atoms with Gasteiger partial charge in [-0.3, -0.25) is 9.59 Å². The molecule has 0 aromatic rings. The molecule has 0 bridgehead atoms. The fraction of sp³-hybridized carbons (Fsp3) is 0.846. The number of rotatable bonds is 5. The zero-order chi connectivity index (χ0) is 13.9. The van der Waals surface area contributed by atoms with E-state index in [0.717, 1.165) is 13.0 Å². The largest absolute Gasteiger partial charge is 0.481 e. The van der Waals surface area contributed by atoms with Crippen LogP contribution in [0.4, 0.5) is 0 Å². The summed E-state index contributed by atoms with van der Waals surface area (Å²) in [6.07, 6.45) is 2.33. The third kappa shape index (κ3) is 3.70. The van der Waals surface area contributed by atoms with Crippen molar-refractivity contribution in [2.24, 2.45) is 5.41 Å². The van der Waals surface area contributed by atoms with Gasteiger partial charge in [0.05, 0.1) is 5.41 Å². The van der Waals surface area contributed by atoms with Crippen LogP contribution in [0.3, 0.4) is 0 Å². The van der Waals surface area contributed by atoms with Crippen LogP contribution in [0, 0.1) is 5.41 Å². The molecule has 5 heteroatoms. The number of carbonyl (C=O) groups excluding carboxylic acids is 1. The van der Waals surface area contributed by atoms with E-state index in [9.17, 15) is 9.59 Å². The maximum Gasteiger partial charge on any atom is 0.309 e. The number of aliphatic carboxylic acids is 1. The Bertz CT molecular complexity index is 328. The van der Waals surface area contributed by atoms with Gasteiger partial charge in [-0.15, -0.1) is 0 Å². The first-order valence-electron chi connectivity index (χ1n) is 6.41. The molecule has 1 N–H and O–H groups in total. The summed E-state index contributed by atoms with van der Waals surface area (Å²) < 4.78 is 0. The average Bonchev–Trinajstić information content (AvgIpc) is 2.63. The van der Waals surface area contributed by atoms with E-state index in [1.165, 1.54) is 6.42 Å². The first kappa shape index (κ1) is 15.0. The summed E-state index contributed by atoms with van der Waals surface area (Å²) in [4.78, 5) is 26.9. The van der Waals surface area contributed by atoms with Crippen molar-refractivity contribution >= 4 is 11.9 Å². The molecule has 0 spiro atoms. The van der Waals surface area contributed by atoms with E-state index < -0.39 is 11.4 Å². The monoisotopic (exact) mass is 256 g/mol. The number of amides is 1. The molecule has 1 saturated heterocycles. The van der Waals surface area contributed by atoms with Crippen LogP contribution in [0.2, 0.25) is 0 Å². The summed E-state index contributed by atoms with van der Waals surface area (Å²) in [6.45, 7) is 4.93. The summed E-state index contributed by atoms with van der Waals surface area (Å²) in [5.41, 5.74) is -0.993. The van der Waals surface area contributed by atoms with Crippen LogP contribution in [0.15, 0.2) is 0 Å². The Morgan fingerprint density at radius 1 is 1.44 bits per heavy atom. The number of hydrogen-bond acceptors (Lipinski definition) is 3. The maximum absolute atomic E-state index is 12.0. The molecule has 0 aliphatic carbocycles. The van der Waals surface area contributed by atoms with E-state index in [-0.39, 0.29) is 12.3 Å². The van der Waals surface area contributed by atoms with Gasteiger partial charge in [0.15, 0.2) is 0 Å². The number of carboxylic acids is 1. The van der Waals surface area contributed by atoms with Crippen molar-refractivity contribution in [3.63, 3.8) is 0 Å². The Hall–Kier alpha value is -1.10. The molecule has 0 radical (unpaired) electrons. The lowest BCUT2D eigenvalue weighted by Crippen LogP contribution is -2.41. The average molecular weight is 256 g/mol. The fourth-order valence-electron chi connectivity index (χ4n) is 2.22. The molecule has 0 saturated carbocycles. The number of carbonyl (C=O) groups is 2. The third-order valence-corrected chi connectivity index (χ3v) is 3.75. The molecule has 1 heterocycles. The van der Waals surface area contributed by atoms with Crippen molar-refractivity contribution in [2.45, 2.75) is 39.2 Å². The second-order valence-electron chi connectivity index (χ2n) is 5.92. The Morgan fingerprint density at radius 3 is 2.50 bits per heavy atom. The van der Waals surface area contributed by atoms with Gasteiger partial charge in [-0.2, -0.15) is 0 Å². The van der Waals surface area contributed by atoms with Crippen molar-refractivity contribution in [1.82, 2.24) is 9.80 Å². The molecule has 104 valence electrons. The van der Waals surface area contributed by atoms with Crippen LogP contribution in [0.1, 0.15) is 33.1 Å². The molecule has 1 aliphatic rings. The second kappa shape index (κ2) is 5.69. The van der Waals surface area contributed by atoms with E-state index in [2.05, 4.69) is 11.9 Å². The highest BCUT2D eigenvalue weighted by Crippen LogP contribution is 2.22. The number of nitrogens with zero attached hydrogens (tertiary/aromatic N) is 2. The Kier molecular flexibility index (Phi) is 4.73. The predicted octanol–water partition coefficient (Wildman–Crippen LogP) is 1.04. The molecular weight excluding hydrogens is 232 g/mol. The molecule has 1 amide bonds. The molecule has 1 fully saturated rings. The lowest BCUT2D eigenvalue weighted by atomic mass is 9.89. The highest BCUT2D eigenvalue weighted by Gasteiger charge is 2.32. The highest BCUT2D eigenvalue weighted by molar-refractivity contribution is 5.84. The standard InChI is InChI=1S/C13H24N2O3/c1-13(2,12(17)18)8-11(16)15(4)9-10-6-5-7-14(10)3/h10H,5-9H2,1-4H3,(H,17,18).